The molecule has 0 saturated heterocycles. The molecule has 9 heteroatoms. The zero-order valence-corrected chi connectivity index (χ0v) is 16.9. The second kappa shape index (κ2) is 8.82. The minimum Gasteiger partial charge on any atom is -0.338 e. The third-order valence-electron chi connectivity index (χ3n) is 4.98. The Morgan fingerprint density at radius 2 is 1.68 bits per heavy atom. The summed E-state index contributed by atoms with van der Waals surface area (Å²) in [4.78, 5) is 14.3. The van der Waals surface area contributed by atoms with Gasteiger partial charge < -0.3 is 10.6 Å². The molecular weight excluding hydrogens is 393 g/mol. The molecule has 2 aliphatic rings. The summed E-state index contributed by atoms with van der Waals surface area (Å²) in [5, 5.41) is 0. The highest BCUT2D eigenvalue weighted by Crippen LogP contribution is 2.33. The van der Waals surface area contributed by atoms with Gasteiger partial charge in [-0.2, -0.15) is 13.2 Å². The van der Waals surface area contributed by atoms with Crippen molar-refractivity contribution in [1.82, 2.24) is 4.90 Å². The summed E-state index contributed by atoms with van der Waals surface area (Å²) in [6.07, 6.45) is 1.85. The first kappa shape index (κ1) is 22.7. The van der Waals surface area contributed by atoms with E-state index in [2.05, 4.69) is 0 Å². The number of sulfone groups is 1. The van der Waals surface area contributed by atoms with E-state index in [0.29, 0.717) is 18.5 Å². The molecule has 1 aromatic carbocycles. The first-order valence-electron chi connectivity index (χ1n) is 9.23. The van der Waals surface area contributed by atoms with Gasteiger partial charge >= 0.3 is 6.18 Å². The lowest BCUT2D eigenvalue weighted by molar-refractivity contribution is -0.137. The predicted molar refractivity (Wildman–Crippen MR) is 101 cm³/mol. The molecule has 1 amide bonds. The van der Waals surface area contributed by atoms with Crippen molar-refractivity contribution in [2.45, 2.75) is 50.9 Å². The van der Waals surface area contributed by atoms with Gasteiger partial charge in [0, 0.05) is 37.6 Å². The minimum atomic E-state index is -4.35. The van der Waals surface area contributed by atoms with Crippen molar-refractivity contribution in [3.05, 3.63) is 34.9 Å². The highest BCUT2D eigenvalue weighted by molar-refractivity contribution is 7.89. The van der Waals surface area contributed by atoms with Gasteiger partial charge in [-0.15, -0.1) is 0 Å². The van der Waals surface area contributed by atoms with E-state index in [1.54, 1.807) is 11.0 Å². The molecule has 1 aromatic rings. The Hall–Kier alpha value is -1.61. The predicted octanol–water partition coefficient (Wildman–Crippen LogP) is 2.77. The zero-order valence-electron chi connectivity index (χ0n) is 16.1. The molecule has 1 heterocycles. The van der Waals surface area contributed by atoms with Crippen molar-refractivity contribution in [3.8, 4) is 0 Å². The molecule has 1 aliphatic heterocycles. The van der Waals surface area contributed by atoms with Crippen LogP contribution in [0.4, 0.5) is 13.2 Å². The van der Waals surface area contributed by atoms with Gasteiger partial charge in [-0.05, 0) is 55.4 Å². The Kier molecular flexibility index (Phi) is 7.14. The molecule has 0 spiro atoms. The smallest absolute Gasteiger partial charge is 0.338 e. The third kappa shape index (κ3) is 6.77. The van der Waals surface area contributed by atoms with Crippen LogP contribution >= 0.6 is 0 Å². The normalized spacial score (nSPS) is 22.7. The van der Waals surface area contributed by atoms with Gasteiger partial charge in [0.25, 0.3) is 0 Å². The lowest BCUT2D eigenvalue weighted by Gasteiger charge is -2.34. The molecule has 1 saturated carbocycles. The molecule has 0 bridgehead atoms. The van der Waals surface area contributed by atoms with Gasteiger partial charge in [-0.25, -0.2) is 8.42 Å². The number of hydrogen-bond acceptors (Lipinski definition) is 4. The van der Waals surface area contributed by atoms with E-state index in [1.165, 1.54) is 6.07 Å². The largest absolute Gasteiger partial charge is 0.416 e. The molecule has 28 heavy (non-hydrogen) atoms. The monoisotopic (exact) mass is 420 g/mol. The number of carbonyl (C=O) groups is 1. The van der Waals surface area contributed by atoms with Crippen LogP contribution in [0.2, 0.25) is 0 Å². The fraction of sp³-hybridized carbons (Fsp3) is 0.632. The standard InChI is InChI=1S/C17H21F3N2O.C2H6O2S/c18-17(19,20)14-4-1-11-7-8-22(10-13(11)9-14)16(23)12-2-5-15(21)6-3-12;1-5(2,3)4/h1,4,9,12,15H,2-3,5-8,10,21H2;1-2H3. The summed E-state index contributed by atoms with van der Waals surface area (Å²) in [5.74, 6) is 0.0436. The molecule has 158 valence electrons. The first-order valence-corrected chi connectivity index (χ1v) is 11.5. The Bertz CT molecular complexity index is 793. The molecule has 2 N–H and O–H groups in total. The Balaban J connectivity index is 0.000000500. The van der Waals surface area contributed by atoms with E-state index in [4.69, 9.17) is 5.73 Å². The van der Waals surface area contributed by atoms with Crippen LogP contribution in [-0.2, 0) is 33.8 Å². The summed E-state index contributed by atoms with van der Waals surface area (Å²) in [5.41, 5.74) is 6.75. The van der Waals surface area contributed by atoms with E-state index in [1.807, 2.05) is 0 Å². The van der Waals surface area contributed by atoms with Crippen LogP contribution in [0.25, 0.3) is 0 Å². The van der Waals surface area contributed by atoms with Crippen molar-refractivity contribution in [3.63, 3.8) is 0 Å². The highest BCUT2D eigenvalue weighted by Gasteiger charge is 2.33. The molecule has 5 nitrogen and oxygen atoms in total. The molecule has 0 unspecified atom stereocenters. The Morgan fingerprint density at radius 1 is 1.11 bits per heavy atom. The van der Waals surface area contributed by atoms with Crippen molar-refractivity contribution >= 4 is 15.7 Å². The van der Waals surface area contributed by atoms with Gasteiger partial charge in [0.15, 0.2) is 0 Å². The Morgan fingerprint density at radius 3 is 2.21 bits per heavy atom. The Labute approximate surface area is 164 Å². The summed E-state index contributed by atoms with van der Waals surface area (Å²) in [6.45, 7) is 0.861. The number of hydrogen-bond donors (Lipinski definition) is 1. The lowest BCUT2D eigenvalue weighted by atomic mass is 9.85. The summed E-state index contributed by atoms with van der Waals surface area (Å²) in [7, 11) is -2.67. The first-order chi connectivity index (χ1) is 12.8. The quantitative estimate of drug-likeness (QED) is 0.758. The average Bonchev–Trinajstić information content (AvgIpc) is 2.58. The molecule has 0 aromatic heterocycles. The van der Waals surface area contributed by atoms with Crippen LogP contribution in [0.15, 0.2) is 18.2 Å². The zero-order chi connectivity index (χ0) is 21.1. The maximum absolute atomic E-state index is 12.8. The number of fused-ring (bicyclic) bond motifs is 1. The average molecular weight is 420 g/mol. The topological polar surface area (TPSA) is 80.5 Å². The number of alkyl halides is 3. The fourth-order valence-electron chi connectivity index (χ4n) is 3.55. The second-order valence-corrected chi connectivity index (χ2v) is 10.0. The maximum Gasteiger partial charge on any atom is 0.416 e. The SMILES string of the molecule is CS(C)(=O)=O.NC1CCC(C(=O)N2CCc3ccc(C(F)(F)F)cc3C2)CC1. The summed E-state index contributed by atoms with van der Waals surface area (Å²) in [6, 6.07) is 4.03. The van der Waals surface area contributed by atoms with Gasteiger partial charge in [-0.3, -0.25) is 4.79 Å². The van der Waals surface area contributed by atoms with Gasteiger partial charge in [0.05, 0.1) is 5.56 Å². The molecular formula is C19H27F3N2O3S. The van der Waals surface area contributed by atoms with Gasteiger partial charge in [-0.1, -0.05) is 6.07 Å². The number of halogens is 3. The number of amides is 1. The molecule has 0 radical (unpaired) electrons. The third-order valence-corrected chi connectivity index (χ3v) is 4.98. The van der Waals surface area contributed by atoms with Gasteiger partial charge in [0.2, 0.25) is 5.91 Å². The van der Waals surface area contributed by atoms with E-state index >= 15 is 0 Å². The fourth-order valence-corrected chi connectivity index (χ4v) is 3.55. The van der Waals surface area contributed by atoms with Crippen molar-refractivity contribution in [1.29, 1.82) is 0 Å². The lowest BCUT2D eigenvalue weighted by Crippen LogP contribution is -2.42. The van der Waals surface area contributed by atoms with Crippen molar-refractivity contribution < 1.29 is 26.4 Å². The van der Waals surface area contributed by atoms with E-state index in [9.17, 15) is 26.4 Å². The molecule has 3 rings (SSSR count). The second-order valence-electron chi connectivity index (χ2n) is 7.75. The van der Waals surface area contributed by atoms with Crippen LogP contribution in [-0.4, -0.2) is 44.3 Å². The van der Waals surface area contributed by atoms with E-state index in [-0.39, 0.29) is 24.4 Å². The van der Waals surface area contributed by atoms with Gasteiger partial charge in [0.1, 0.15) is 9.84 Å². The minimum absolute atomic E-state index is 0.0258. The highest BCUT2D eigenvalue weighted by atomic mass is 32.2. The molecule has 1 aliphatic carbocycles. The van der Waals surface area contributed by atoms with Crippen LogP contribution in [0, 0.1) is 5.92 Å². The molecule has 1 fully saturated rings. The van der Waals surface area contributed by atoms with Crippen LogP contribution in [0.3, 0.4) is 0 Å². The number of nitrogens with two attached hydrogens (primary N) is 1. The summed E-state index contributed by atoms with van der Waals surface area (Å²) >= 11 is 0. The van der Waals surface area contributed by atoms with E-state index in [0.717, 1.165) is 49.8 Å². The van der Waals surface area contributed by atoms with Crippen LogP contribution in [0.5, 0.6) is 0 Å². The van der Waals surface area contributed by atoms with Crippen LogP contribution < -0.4 is 5.73 Å². The van der Waals surface area contributed by atoms with E-state index < -0.39 is 21.6 Å². The maximum atomic E-state index is 12.8. The number of carbonyl (C=O) groups excluding carboxylic acids is 1. The number of nitrogens with zero attached hydrogens (tertiary/aromatic N) is 1. The number of rotatable bonds is 1. The summed E-state index contributed by atoms with van der Waals surface area (Å²) < 4.78 is 57.8. The van der Waals surface area contributed by atoms with Crippen molar-refractivity contribution in [2.75, 3.05) is 19.1 Å². The molecule has 0 atom stereocenters. The number of benzene rings is 1. The van der Waals surface area contributed by atoms with Crippen molar-refractivity contribution in [2.24, 2.45) is 11.7 Å². The van der Waals surface area contributed by atoms with Crippen LogP contribution in [0.1, 0.15) is 42.4 Å².